The topological polar surface area (TPSA) is 81.3 Å². The predicted octanol–water partition coefficient (Wildman–Crippen LogP) is 2.49. The van der Waals surface area contributed by atoms with Crippen LogP contribution >= 0.6 is 0 Å². The minimum atomic E-state index is -0.469. The van der Waals surface area contributed by atoms with Crippen LogP contribution in [0.1, 0.15) is 57.2 Å². The summed E-state index contributed by atoms with van der Waals surface area (Å²) >= 11 is 0. The molecule has 2 heterocycles. The number of fused-ring (bicyclic) bond motifs is 3. The van der Waals surface area contributed by atoms with Gasteiger partial charge in [0.05, 0.1) is 5.69 Å². The second kappa shape index (κ2) is 5.41. The first-order valence-corrected chi connectivity index (χ1v) is 7.96. The van der Waals surface area contributed by atoms with Crippen molar-refractivity contribution in [1.29, 1.82) is 0 Å². The van der Waals surface area contributed by atoms with Gasteiger partial charge >= 0.3 is 6.09 Å². The lowest BCUT2D eigenvalue weighted by Gasteiger charge is -2.44. The van der Waals surface area contributed by atoms with Gasteiger partial charge in [-0.2, -0.15) is 0 Å². The Morgan fingerprint density at radius 3 is 2.91 bits per heavy atom. The Bertz CT molecular complexity index is 582. The number of amides is 1. The zero-order chi connectivity index (χ0) is 15.9. The van der Waals surface area contributed by atoms with E-state index in [0.29, 0.717) is 5.95 Å². The zero-order valence-electron chi connectivity index (χ0n) is 13.5. The van der Waals surface area contributed by atoms with E-state index in [4.69, 9.17) is 10.5 Å². The summed E-state index contributed by atoms with van der Waals surface area (Å²) in [4.78, 5) is 22.9. The molecule has 3 rings (SSSR count). The van der Waals surface area contributed by atoms with Gasteiger partial charge in [0.15, 0.2) is 0 Å². The summed E-state index contributed by atoms with van der Waals surface area (Å²) in [5.41, 5.74) is 7.48. The summed E-state index contributed by atoms with van der Waals surface area (Å²) in [5, 5.41) is 0. The van der Waals surface area contributed by atoms with E-state index in [-0.39, 0.29) is 18.1 Å². The molecule has 6 heteroatoms. The summed E-state index contributed by atoms with van der Waals surface area (Å²) in [5.74, 6) is 0.559. The Morgan fingerprint density at radius 2 is 2.18 bits per heavy atom. The zero-order valence-corrected chi connectivity index (χ0v) is 13.5. The minimum Gasteiger partial charge on any atom is -0.444 e. The van der Waals surface area contributed by atoms with Gasteiger partial charge < -0.3 is 15.4 Å². The Balaban J connectivity index is 1.85. The van der Waals surface area contributed by atoms with Gasteiger partial charge in [0.2, 0.25) is 5.95 Å². The van der Waals surface area contributed by atoms with Gasteiger partial charge in [-0.05, 0) is 52.0 Å². The number of aromatic nitrogens is 2. The standard InChI is InChI=1S/C16H24N4O2/c1-16(2,3)22-15(21)20-8-4-5-11-12(20)7-6-10-9-18-14(17)19-13(10)11/h9,11-12H,4-8H2,1-3H3,(H2,17,18,19)/t11-,12-/m0/s1. The van der Waals surface area contributed by atoms with E-state index in [0.717, 1.165) is 37.9 Å². The van der Waals surface area contributed by atoms with Crippen LogP contribution in [0.3, 0.4) is 0 Å². The second-order valence-corrected chi connectivity index (χ2v) is 7.17. The maximum atomic E-state index is 12.5. The Kier molecular flexibility index (Phi) is 3.70. The summed E-state index contributed by atoms with van der Waals surface area (Å²) < 4.78 is 5.57. The van der Waals surface area contributed by atoms with Crippen LogP contribution in [0.25, 0.3) is 0 Å². The number of nitrogens with zero attached hydrogens (tertiary/aromatic N) is 3. The fraction of sp³-hybridized carbons (Fsp3) is 0.688. The van der Waals surface area contributed by atoms with Crippen LogP contribution in [-0.2, 0) is 11.2 Å². The molecule has 1 fully saturated rings. The Hall–Kier alpha value is -1.85. The molecule has 1 saturated heterocycles. The highest BCUT2D eigenvalue weighted by atomic mass is 16.6. The fourth-order valence-corrected chi connectivity index (χ4v) is 3.53. The SMILES string of the molecule is CC(C)(C)OC(=O)N1CCC[C@@H]2c3nc(N)ncc3CC[C@@H]21. The van der Waals surface area contributed by atoms with E-state index >= 15 is 0 Å². The van der Waals surface area contributed by atoms with Gasteiger partial charge in [0.25, 0.3) is 0 Å². The van der Waals surface area contributed by atoms with Crippen LogP contribution < -0.4 is 5.73 Å². The number of rotatable bonds is 0. The van der Waals surface area contributed by atoms with Crippen molar-refractivity contribution in [2.24, 2.45) is 0 Å². The van der Waals surface area contributed by atoms with Crippen LogP contribution in [0.2, 0.25) is 0 Å². The molecular weight excluding hydrogens is 280 g/mol. The molecule has 1 aromatic heterocycles. The highest BCUT2D eigenvalue weighted by molar-refractivity contribution is 5.69. The molecule has 2 aliphatic rings. The van der Waals surface area contributed by atoms with Gasteiger partial charge in [-0.15, -0.1) is 0 Å². The van der Waals surface area contributed by atoms with E-state index < -0.39 is 5.60 Å². The molecule has 0 saturated carbocycles. The maximum Gasteiger partial charge on any atom is 0.410 e. The van der Waals surface area contributed by atoms with E-state index in [2.05, 4.69) is 9.97 Å². The quantitative estimate of drug-likeness (QED) is 0.796. The number of carbonyl (C=O) groups is 1. The summed E-state index contributed by atoms with van der Waals surface area (Å²) in [7, 11) is 0. The van der Waals surface area contributed by atoms with E-state index in [1.807, 2.05) is 31.9 Å². The van der Waals surface area contributed by atoms with Gasteiger partial charge in [0, 0.05) is 24.7 Å². The number of nitrogen functional groups attached to an aromatic ring is 1. The molecule has 0 aromatic carbocycles. The maximum absolute atomic E-state index is 12.5. The molecule has 0 radical (unpaired) electrons. The number of nitrogens with two attached hydrogens (primary N) is 1. The van der Waals surface area contributed by atoms with Crippen LogP contribution in [-0.4, -0.2) is 39.1 Å². The lowest BCUT2D eigenvalue weighted by Crippen LogP contribution is -2.51. The lowest BCUT2D eigenvalue weighted by atomic mass is 9.77. The first kappa shape index (κ1) is 15.1. The number of carbonyl (C=O) groups excluding carboxylic acids is 1. The third kappa shape index (κ3) is 2.87. The summed E-state index contributed by atoms with van der Waals surface area (Å²) in [6, 6.07) is 0.158. The highest BCUT2D eigenvalue weighted by Crippen LogP contribution is 2.40. The molecule has 22 heavy (non-hydrogen) atoms. The fourth-order valence-electron chi connectivity index (χ4n) is 3.53. The normalized spacial score (nSPS) is 24.4. The van der Waals surface area contributed by atoms with Crippen molar-refractivity contribution in [3.63, 3.8) is 0 Å². The molecule has 0 unspecified atom stereocenters. The third-order valence-electron chi connectivity index (χ3n) is 4.38. The van der Waals surface area contributed by atoms with Gasteiger partial charge in [0.1, 0.15) is 5.60 Å². The summed E-state index contributed by atoms with van der Waals surface area (Å²) in [6.07, 6.45) is 5.44. The van der Waals surface area contributed by atoms with Crippen molar-refractivity contribution >= 4 is 12.0 Å². The third-order valence-corrected chi connectivity index (χ3v) is 4.38. The smallest absolute Gasteiger partial charge is 0.410 e. The highest BCUT2D eigenvalue weighted by Gasteiger charge is 2.40. The van der Waals surface area contributed by atoms with Crippen molar-refractivity contribution in [2.75, 3.05) is 12.3 Å². The molecule has 120 valence electrons. The molecule has 2 atom stereocenters. The minimum absolute atomic E-state index is 0.158. The van der Waals surface area contributed by atoms with Crippen molar-refractivity contribution in [3.8, 4) is 0 Å². The first-order valence-electron chi connectivity index (χ1n) is 7.96. The van der Waals surface area contributed by atoms with Gasteiger partial charge in [-0.1, -0.05) is 0 Å². The van der Waals surface area contributed by atoms with Crippen LogP contribution in [0.4, 0.5) is 10.7 Å². The number of ether oxygens (including phenoxy) is 1. The molecule has 0 spiro atoms. The first-order chi connectivity index (χ1) is 10.3. The van der Waals surface area contributed by atoms with Gasteiger partial charge in [-0.25, -0.2) is 14.8 Å². The average molecular weight is 304 g/mol. The number of piperidine rings is 1. The van der Waals surface area contributed by atoms with E-state index in [9.17, 15) is 4.79 Å². The molecule has 1 amide bonds. The number of hydrogen-bond donors (Lipinski definition) is 1. The molecule has 2 N–H and O–H groups in total. The molecular formula is C16H24N4O2. The van der Waals surface area contributed by atoms with Crippen molar-refractivity contribution in [2.45, 2.75) is 64.0 Å². The van der Waals surface area contributed by atoms with E-state index in [1.54, 1.807) is 0 Å². The van der Waals surface area contributed by atoms with Gasteiger partial charge in [-0.3, -0.25) is 0 Å². The van der Waals surface area contributed by atoms with Crippen molar-refractivity contribution in [1.82, 2.24) is 14.9 Å². The second-order valence-electron chi connectivity index (χ2n) is 7.17. The van der Waals surface area contributed by atoms with Crippen molar-refractivity contribution < 1.29 is 9.53 Å². The van der Waals surface area contributed by atoms with E-state index in [1.165, 1.54) is 5.56 Å². The monoisotopic (exact) mass is 304 g/mol. The largest absolute Gasteiger partial charge is 0.444 e. The number of aryl methyl sites for hydroxylation is 1. The van der Waals surface area contributed by atoms with Crippen LogP contribution in [0, 0.1) is 0 Å². The molecule has 1 aromatic rings. The number of hydrogen-bond acceptors (Lipinski definition) is 5. The van der Waals surface area contributed by atoms with Crippen LogP contribution in [0.5, 0.6) is 0 Å². The lowest BCUT2D eigenvalue weighted by molar-refractivity contribution is 0.00393. The summed E-state index contributed by atoms with van der Waals surface area (Å²) in [6.45, 7) is 6.45. The number of anilines is 1. The molecule has 6 nitrogen and oxygen atoms in total. The predicted molar refractivity (Wildman–Crippen MR) is 83.5 cm³/mol. The molecule has 1 aliphatic carbocycles. The number of likely N-dealkylation sites (tertiary alicyclic amines) is 1. The average Bonchev–Trinajstić information content (AvgIpc) is 2.44. The Morgan fingerprint density at radius 1 is 1.41 bits per heavy atom. The van der Waals surface area contributed by atoms with Crippen molar-refractivity contribution in [3.05, 3.63) is 17.5 Å². The van der Waals surface area contributed by atoms with Crippen LogP contribution in [0.15, 0.2) is 6.20 Å². The molecule has 0 bridgehead atoms. The molecule has 1 aliphatic heterocycles. The Labute approximate surface area is 131 Å².